The zero-order chi connectivity index (χ0) is 19.4. The van der Waals surface area contributed by atoms with Gasteiger partial charge in [-0.2, -0.15) is 0 Å². The van der Waals surface area contributed by atoms with Gasteiger partial charge >= 0.3 is 0 Å². The van der Waals surface area contributed by atoms with Gasteiger partial charge in [-0.25, -0.2) is 4.39 Å². The van der Waals surface area contributed by atoms with E-state index in [1.807, 2.05) is 12.1 Å². The highest BCUT2D eigenvalue weighted by Gasteiger charge is 2.25. The lowest BCUT2D eigenvalue weighted by Crippen LogP contribution is -2.35. The normalized spacial score (nSPS) is 17.6. The van der Waals surface area contributed by atoms with Crippen molar-refractivity contribution in [3.63, 3.8) is 0 Å². The summed E-state index contributed by atoms with van der Waals surface area (Å²) in [5.41, 5.74) is 7.70. The molecule has 2 aromatic carbocycles. The van der Waals surface area contributed by atoms with Crippen LogP contribution in [0.1, 0.15) is 42.0 Å². The zero-order valence-corrected chi connectivity index (χ0v) is 16.8. The van der Waals surface area contributed by atoms with Crippen molar-refractivity contribution in [1.82, 2.24) is 4.90 Å². The fourth-order valence-electron chi connectivity index (χ4n) is 3.66. The lowest BCUT2D eigenvalue weighted by molar-refractivity contribution is 0.297. The van der Waals surface area contributed by atoms with Crippen molar-refractivity contribution < 1.29 is 4.39 Å². The van der Waals surface area contributed by atoms with E-state index in [1.165, 1.54) is 40.0 Å². The molecule has 0 spiro atoms. The lowest BCUT2D eigenvalue weighted by atomic mass is 9.86. The summed E-state index contributed by atoms with van der Waals surface area (Å²) in [7, 11) is 2.19. The van der Waals surface area contributed by atoms with Crippen LogP contribution in [0.5, 0.6) is 0 Å². The van der Waals surface area contributed by atoms with Crippen LogP contribution in [0.15, 0.2) is 48.0 Å². The SMILES string of the molecule is Cc1ccc(C)c(C2=C(C#CCCc3ccc(F)cc3)CCN(C)[C@H]2C)c1. The molecule has 0 bridgehead atoms. The van der Waals surface area contributed by atoms with E-state index >= 15 is 0 Å². The lowest BCUT2D eigenvalue weighted by Gasteiger charge is -2.34. The number of benzene rings is 2. The monoisotopic (exact) mass is 361 g/mol. The maximum atomic E-state index is 13.0. The number of rotatable bonds is 3. The van der Waals surface area contributed by atoms with Crippen molar-refractivity contribution >= 4 is 5.57 Å². The van der Waals surface area contributed by atoms with Crippen molar-refractivity contribution in [3.8, 4) is 11.8 Å². The van der Waals surface area contributed by atoms with Crippen LogP contribution < -0.4 is 0 Å². The Hall–Kier alpha value is -2.37. The molecule has 0 aliphatic carbocycles. The number of hydrogen-bond donors (Lipinski definition) is 0. The third-order valence-electron chi connectivity index (χ3n) is 5.49. The van der Waals surface area contributed by atoms with Crippen molar-refractivity contribution in [3.05, 3.63) is 76.1 Å². The predicted octanol–water partition coefficient (Wildman–Crippen LogP) is 5.56. The highest BCUT2D eigenvalue weighted by atomic mass is 19.1. The van der Waals surface area contributed by atoms with Crippen LogP contribution in [-0.2, 0) is 6.42 Å². The van der Waals surface area contributed by atoms with E-state index in [0.29, 0.717) is 6.04 Å². The van der Waals surface area contributed by atoms with E-state index in [4.69, 9.17) is 0 Å². The van der Waals surface area contributed by atoms with Gasteiger partial charge in [0, 0.05) is 24.6 Å². The maximum Gasteiger partial charge on any atom is 0.123 e. The first-order valence-corrected chi connectivity index (χ1v) is 9.70. The Morgan fingerprint density at radius 1 is 1.11 bits per heavy atom. The second kappa shape index (κ2) is 8.55. The molecule has 0 radical (unpaired) electrons. The molecule has 0 saturated carbocycles. The summed E-state index contributed by atoms with van der Waals surface area (Å²) in [5.74, 6) is 6.66. The van der Waals surface area contributed by atoms with Crippen molar-refractivity contribution in [2.45, 2.75) is 46.1 Å². The maximum absolute atomic E-state index is 13.0. The van der Waals surface area contributed by atoms with Gasteiger partial charge in [0.25, 0.3) is 0 Å². The number of aryl methyl sites for hydroxylation is 3. The zero-order valence-electron chi connectivity index (χ0n) is 16.8. The van der Waals surface area contributed by atoms with Crippen LogP contribution in [0.25, 0.3) is 5.57 Å². The Morgan fingerprint density at radius 2 is 1.85 bits per heavy atom. The Bertz CT molecular complexity index is 896. The van der Waals surface area contributed by atoms with Gasteiger partial charge in [0.15, 0.2) is 0 Å². The molecular weight excluding hydrogens is 333 g/mol. The molecule has 3 rings (SSSR count). The summed E-state index contributed by atoms with van der Waals surface area (Å²) in [4.78, 5) is 2.40. The Balaban J connectivity index is 1.87. The van der Waals surface area contributed by atoms with Gasteiger partial charge in [-0.3, -0.25) is 4.90 Å². The van der Waals surface area contributed by atoms with Crippen LogP contribution in [0.2, 0.25) is 0 Å². The van der Waals surface area contributed by atoms with Gasteiger partial charge in [-0.15, -0.1) is 0 Å². The second-order valence-corrected chi connectivity index (χ2v) is 7.55. The van der Waals surface area contributed by atoms with Crippen LogP contribution in [0.3, 0.4) is 0 Å². The Kier molecular flexibility index (Phi) is 6.14. The molecule has 1 heterocycles. The molecule has 1 aliphatic rings. The van der Waals surface area contributed by atoms with Gasteiger partial charge in [-0.05, 0) is 75.1 Å². The largest absolute Gasteiger partial charge is 0.299 e. The minimum atomic E-state index is -0.187. The fourth-order valence-corrected chi connectivity index (χ4v) is 3.66. The van der Waals surface area contributed by atoms with E-state index in [0.717, 1.165) is 31.4 Å². The minimum absolute atomic E-state index is 0.187. The minimum Gasteiger partial charge on any atom is -0.299 e. The molecule has 140 valence electrons. The molecule has 1 nitrogen and oxygen atoms in total. The van der Waals surface area contributed by atoms with Crippen LogP contribution in [0, 0.1) is 31.5 Å². The predicted molar refractivity (Wildman–Crippen MR) is 112 cm³/mol. The van der Waals surface area contributed by atoms with Crippen LogP contribution >= 0.6 is 0 Å². The van der Waals surface area contributed by atoms with E-state index in [9.17, 15) is 4.39 Å². The third kappa shape index (κ3) is 4.67. The average Bonchev–Trinajstić information content (AvgIpc) is 2.65. The molecule has 0 aromatic heterocycles. The number of hydrogen-bond acceptors (Lipinski definition) is 1. The molecule has 2 aromatic rings. The van der Waals surface area contributed by atoms with Gasteiger partial charge in [0.1, 0.15) is 5.82 Å². The standard InChI is InChI=1S/C25H28FN/c1-18-9-10-19(2)24(17-18)25-20(3)27(4)16-15-22(25)8-6-5-7-21-11-13-23(26)14-12-21/h9-14,17,20H,5,7,15-16H2,1-4H3/t20-/m0/s1. The molecule has 27 heavy (non-hydrogen) atoms. The summed E-state index contributed by atoms with van der Waals surface area (Å²) in [5, 5.41) is 0. The second-order valence-electron chi connectivity index (χ2n) is 7.55. The first-order valence-electron chi connectivity index (χ1n) is 9.70. The highest BCUT2D eigenvalue weighted by molar-refractivity contribution is 5.78. The molecule has 0 N–H and O–H groups in total. The fraction of sp³-hybridized carbons (Fsp3) is 0.360. The average molecular weight is 362 g/mol. The van der Waals surface area contributed by atoms with E-state index < -0.39 is 0 Å². The molecule has 0 fully saturated rings. The molecular formula is C25H28FN. The van der Waals surface area contributed by atoms with Gasteiger partial charge in [-0.1, -0.05) is 47.7 Å². The first kappa shape index (κ1) is 19.4. The first-order chi connectivity index (χ1) is 13.0. The van der Waals surface area contributed by atoms with Crippen molar-refractivity contribution in [2.24, 2.45) is 0 Å². The van der Waals surface area contributed by atoms with Gasteiger partial charge < -0.3 is 0 Å². The third-order valence-corrected chi connectivity index (χ3v) is 5.49. The van der Waals surface area contributed by atoms with E-state index in [2.05, 4.69) is 62.8 Å². The molecule has 2 heteroatoms. The molecule has 1 atom stereocenters. The van der Waals surface area contributed by atoms with Crippen LogP contribution in [0.4, 0.5) is 4.39 Å². The summed E-state index contributed by atoms with van der Waals surface area (Å²) in [6.45, 7) is 7.64. The van der Waals surface area contributed by atoms with Crippen molar-refractivity contribution in [1.29, 1.82) is 0 Å². The van der Waals surface area contributed by atoms with Gasteiger partial charge in [0.05, 0.1) is 0 Å². The molecule has 0 saturated heterocycles. The Labute approximate surface area is 162 Å². The topological polar surface area (TPSA) is 3.24 Å². The van der Waals surface area contributed by atoms with Gasteiger partial charge in [0.2, 0.25) is 0 Å². The summed E-state index contributed by atoms with van der Waals surface area (Å²) >= 11 is 0. The van der Waals surface area contributed by atoms with E-state index in [1.54, 1.807) is 0 Å². The summed E-state index contributed by atoms with van der Waals surface area (Å²) in [6.07, 6.45) is 2.64. The summed E-state index contributed by atoms with van der Waals surface area (Å²) in [6, 6.07) is 13.8. The van der Waals surface area contributed by atoms with Crippen LogP contribution in [-0.4, -0.2) is 24.5 Å². The molecule has 0 amide bonds. The van der Waals surface area contributed by atoms with E-state index in [-0.39, 0.29) is 5.82 Å². The smallest absolute Gasteiger partial charge is 0.123 e. The summed E-state index contributed by atoms with van der Waals surface area (Å²) < 4.78 is 13.0. The quantitative estimate of drug-likeness (QED) is 0.647. The number of nitrogens with zero attached hydrogens (tertiary/aromatic N) is 1. The van der Waals surface area contributed by atoms with Crippen molar-refractivity contribution in [2.75, 3.05) is 13.6 Å². The highest BCUT2D eigenvalue weighted by Crippen LogP contribution is 2.33. The molecule has 0 unspecified atom stereocenters. The Morgan fingerprint density at radius 3 is 2.59 bits per heavy atom. The molecule has 1 aliphatic heterocycles. The number of likely N-dealkylation sites (N-methyl/N-ethyl adjacent to an activating group) is 1. The number of halogens is 1.